The van der Waals surface area contributed by atoms with Crippen molar-refractivity contribution in [2.75, 3.05) is 6.54 Å². The van der Waals surface area contributed by atoms with Gasteiger partial charge in [-0.15, -0.1) is 13.2 Å². The van der Waals surface area contributed by atoms with Gasteiger partial charge in [-0.05, 0) is 24.4 Å². The molecule has 1 atom stereocenters. The number of benzene rings is 1. The van der Waals surface area contributed by atoms with Crippen molar-refractivity contribution in [3.05, 3.63) is 29.8 Å². The first-order valence-electron chi connectivity index (χ1n) is 6.73. The summed E-state index contributed by atoms with van der Waals surface area (Å²) in [5.41, 5.74) is 0.311. The lowest BCUT2D eigenvalue weighted by atomic mass is 9.82. The molecule has 0 spiro atoms. The monoisotopic (exact) mass is 289 g/mol. The summed E-state index contributed by atoms with van der Waals surface area (Å²) in [7, 11) is 0. The molecule has 0 aromatic heterocycles. The molecular formula is C15H22F3NO. The van der Waals surface area contributed by atoms with Crippen molar-refractivity contribution >= 4 is 0 Å². The summed E-state index contributed by atoms with van der Waals surface area (Å²) < 4.78 is 41.6. The molecule has 2 nitrogen and oxygen atoms in total. The maximum Gasteiger partial charge on any atom is 0.573 e. The molecule has 5 heteroatoms. The Hall–Kier alpha value is -1.23. The number of rotatable bonds is 5. The van der Waals surface area contributed by atoms with Crippen molar-refractivity contribution in [3.8, 4) is 5.75 Å². The topological polar surface area (TPSA) is 21.3 Å². The molecule has 1 rings (SSSR count). The maximum absolute atomic E-state index is 12.5. The second-order valence-corrected chi connectivity index (χ2v) is 5.84. The number of ether oxygens (including phenoxy) is 1. The highest BCUT2D eigenvalue weighted by Crippen LogP contribution is 2.38. The molecule has 114 valence electrons. The molecule has 1 aromatic rings. The molecule has 0 aliphatic heterocycles. The Bertz CT molecular complexity index is 424. The molecule has 0 aliphatic carbocycles. The Morgan fingerprint density at radius 3 is 2.25 bits per heavy atom. The summed E-state index contributed by atoms with van der Waals surface area (Å²) >= 11 is 0. The van der Waals surface area contributed by atoms with E-state index in [0.717, 1.165) is 13.0 Å². The van der Waals surface area contributed by atoms with Crippen molar-refractivity contribution in [2.24, 2.45) is 5.41 Å². The van der Waals surface area contributed by atoms with E-state index >= 15 is 0 Å². The van der Waals surface area contributed by atoms with Gasteiger partial charge in [-0.3, -0.25) is 0 Å². The van der Waals surface area contributed by atoms with Crippen molar-refractivity contribution < 1.29 is 17.9 Å². The molecule has 0 aliphatic rings. The van der Waals surface area contributed by atoms with Crippen LogP contribution in [0, 0.1) is 5.41 Å². The number of nitrogens with one attached hydrogen (secondary N) is 1. The van der Waals surface area contributed by atoms with Crippen molar-refractivity contribution in [3.63, 3.8) is 0 Å². The highest BCUT2D eigenvalue weighted by atomic mass is 19.4. The normalized spacial score (nSPS) is 14.2. The standard InChI is InChI=1S/C15H22F3NO/c1-5-10-19-13(14(2,3)4)11-8-6-7-9-12(11)20-15(16,17)18/h6-9,13,19H,5,10H2,1-4H3. The Balaban J connectivity index is 3.13. The fraction of sp³-hybridized carbons (Fsp3) is 0.600. The van der Waals surface area contributed by atoms with E-state index in [2.05, 4.69) is 10.1 Å². The first-order valence-corrected chi connectivity index (χ1v) is 6.73. The van der Waals surface area contributed by atoms with E-state index in [4.69, 9.17) is 0 Å². The quantitative estimate of drug-likeness (QED) is 0.850. The fourth-order valence-corrected chi connectivity index (χ4v) is 2.11. The van der Waals surface area contributed by atoms with Gasteiger partial charge >= 0.3 is 6.36 Å². The van der Waals surface area contributed by atoms with E-state index in [9.17, 15) is 13.2 Å². The Labute approximate surface area is 118 Å². The van der Waals surface area contributed by atoms with E-state index in [1.54, 1.807) is 18.2 Å². The molecule has 1 N–H and O–H groups in total. The van der Waals surface area contributed by atoms with Crippen molar-refractivity contribution in [1.82, 2.24) is 5.32 Å². The molecular weight excluding hydrogens is 267 g/mol. The number of halogens is 3. The van der Waals surface area contributed by atoms with E-state index in [1.807, 2.05) is 27.7 Å². The van der Waals surface area contributed by atoms with Crippen LogP contribution in [0.2, 0.25) is 0 Å². The largest absolute Gasteiger partial charge is 0.573 e. The zero-order chi connectivity index (χ0) is 15.4. The van der Waals surface area contributed by atoms with Crippen molar-refractivity contribution in [2.45, 2.75) is 46.5 Å². The third-order valence-corrected chi connectivity index (χ3v) is 2.92. The highest BCUT2D eigenvalue weighted by Gasteiger charge is 2.34. The minimum absolute atomic E-state index is 0.136. The average Bonchev–Trinajstić information content (AvgIpc) is 2.28. The van der Waals surface area contributed by atoms with Crippen LogP contribution in [0.5, 0.6) is 5.75 Å². The molecule has 0 bridgehead atoms. The predicted molar refractivity (Wildman–Crippen MR) is 73.6 cm³/mol. The van der Waals surface area contributed by atoms with Gasteiger partial charge in [-0.2, -0.15) is 0 Å². The van der Waals surface area contributed by atoms with Crippen LogP contribution in [-0.4, -0.2) is 12.9 Å². The fourth-order valence-electron chi connectivity index (χ4n) is 2.11. The summed E-state index contributed by atoms with van der Waals surface area (Å²) in [6.07, 6.45) is -3.77. The van der Waals surface area contributed by atoms with Crippen LogP contribution in [0.3, 0.4) is 0 Å². The molecule has 0 heterocycles. The van der Waals surface area contributed by atoms with Gasteiger partial charge in [-0.25, -0.2) is 0 Å². The highest BCUT2D eigenvalue weighted by molar-refractivity contribution is 5.37. The summed E-state index contributed by atoms with van der Waals surface area (Å²) in [6.45, 7) is 8.73. The molecule has 0 saturated carbocycles. The molecule has 1 unspecified atom stereocenters. The summed E-state index contributed by atoms with van der Waals surface area (Å²) in [4.78, 5) is 0. The van der Waals surface area contributed by atoms with E-state index in [0.29, 0.717) is 5.56 Å². The van der Waals surface area contributed by atoms with Crippen LogP contribution in [0.15, 0.2) is 24.3 Å². The summed E-state index contributed by atoms with van der Waals surface area (Å²) in [5.74, 6) is -0.136. The van der Waals surface area contributed by atoms with Gasteiger partial charge in [0.15, 0.2) is 0 Å². The first-order chi connectivity index (χ1) is 9.15. The van der Waals surface area contributed by atoms with Crippen LogP contribution in [0.25, 0.3) is 0 Å². The van der Waals surface area contributed by atoms with Gasteiger partial charge in [0.2, 0.25) is 0 Å². The number of hydrogen-bond acceptors (Lipinski definition) is 2. The van der Waals surface area contributed by atoms with Crippen LogP contribution in [-0.2, 0) is 0 Å². The lowest BCUT2D eigenvalue weighted by Gasteiger charge is -2.33. The van der Waals surface area contributed by atoms with Crippen LogP contribution < -0.4 is 10.1 Å². The third-order valence-electron chi connectivity index (χ3n) is 2.92. The number of hydrogen-bond donors (Lipinski definition) is 1. The van der Waals surface area contributed by atoms with Crippen LogP contribution in [0.1, 0.15) is 45.7 Å². The Morgan fingerprint density at radius 1 is 1.15 bits per heavy atom. The van der Waals surface area contributed by atoms with Gasteiger partial charge in [0, 0.05) is 11.6 Å². The van der Waals surface area contributed by atoms with Crippen LogP contribution in [0.4, 0.5) is 13.2 Å². The van der Waals surface area contributed by atoms with Crippen molar-refractivity contribution in [1.29, 1.82) is 0 Å². The van der Waals surface area contributed by atoms with E-state index in [-0.39, 0.29) is 17.2 Å². The van der Waals surface area contributed by atoms with Crippen LogP contribution >= 0.6 is 0 Å². The minimum Gasteiger partial charge on any atom is -0.405 e. The summed E-state index contributed by atoms with van der Waals surface area (Å²) in [5, 5.41) is 3.30. The molecule has 0 saturated heterocycles. The van der Waals surface area contributed by atoms with E-state index in [1.165, 1.54) is 6.07 Å². The molecule has 1 aromatic carbocycles. The number of para-hydroxylation sites is 1. The first kappa shape index (κ1) is 16.8. The smallest absolute Gasteiger partial charge is 0.405 e. The lowest BCUT2D eigenvalue weighted by molar-refractivity contribution is -0.275. The molecule has 0 amide bonds. The minimum atomic E-state index is -4.68. The zero-order valence-corrected chi connectivity index (χ0v) is 12.3. The lowest BCUT2D eigenvalue weighted by Crippen LogP contribution is -2.33. The number of alkyl halides is 3. The van der Waals surface area contributed by atoms with Gasteiger partial charge in [-0.1, -0.05) is 45.9 Å². The third kappa shape index (κ3) is 5.04. The predicted octanol–water partition coefficient (Wildman–Crippen LogP) is 4.67. The Kier molecular flexibility index (Phi) is 5.45. The zero-order valence-electron chi connectivity index (χ0n) is 12.3. The second kappa shape index (κ2) is 6.48. The molecule has 20 heavy (non-hydrogen) atoms. The summed E-state index contributed by atoms with van der Waals surface area (Å²) in [6, 6.07) is 6.10. The van der Waals surface area contributed by atoms with Gasteiger partial charge < -0.3 is 10.1 Å². The van der Waals surface area contributed by atoms with Gasteiger partial charge in [0.05, 0.1) is 0 Å². The average molecular weight is 289 g/mol. The van der Waals surface area contributed by atoms with Gasteiger partial charge in [0.1, 0.15) is 5.75 Å². The maximum atomic E-state index is 12.5. The Morgan fingerprint density at radius 2 is 1.75 bits per heavy atom. The molecule has 0 fully saturated rings. The molecule has 0 radical (unpaired) electrons. The van der Waals surface area contributed by atoms with E-state index < -0.39 is 6.36 Å². The van der Waals surface area contributed by atoms with Gasteiger partial charge in [0.25, 0.3) is 0 Å². The SMILES string of the molecule is CCCNC(c1ccccc1OC(F)(F)F)C(C)(C)C. The second-order valence-electron chi connectivity index (χ2n) is 5.84.